The Morgan fingerprint density at radius 3 is 2.36 bits per heavy atom. The average Bonchev–Trinajstić information content (AvgIpc) is 2.54. The van der Waals surface area contributed by atoms with Gasteiger partial charge in [-0.3, -0.25) is 4.79 Å². The van der Waals surface area contributed by atoms with Crippen LogP contribution in [0.15, 0.2) is 54.6 Å². The highest BCUT2D eigenvalue weighted by Gasteiger charge is 1.98. The molecule has 0 aliphatic rings. The van der Waals surface area contributed by atoms with Crippen molar-refractivity contribution in [1.82, 2.24) is 5.32 Å². The Kier molecular flexibility index (Phi) is 5.86. The Morgan fingerprint density at radius 2 is 1.73 bits per heavy atom. The zero-order valence-corrected chi connectivity index (χ0v) is 12.4. The number of halogens is 1. The number of nitrogens with one attached hydrogen (secondary N) is 1. The number of carbonyl (C=O) groups is 1. The van der Waals surface area contributed by atoms with E-state index in [0.29, 0.717) is 13.2 Å². The molecule has 114 valence electrons. The van der Waals surface area contributed by atoms with Gasteiger partial charge in [0.15, 0.2) is 0 Å². The maximum atomic E-state index is 12.8. The van der Waals surface area contributed by atoms with E-state index in [1.807, 2.05) is 24.3 Å². The van der Waals surface area contributed by atoms with E-state index < -0.39 is 0 Å². The van der Waals surface area contributed by atoms with E-state index in [-0.39, 0.29) is 11.7 Å². The second kappa shape index (κ2) is 8.10. The number of ether oxygens (including phenoxy) is 1. The summed E-state index contributed by atoms with van der Waals surface area (Å²) in [5, 5.41) is 2.80. The number of hydrogen-bond acceptors (Lipinski definition) is 2. The second-order valence-electron chi connectivity index (χ2n) is 4.85. The molecule has 1 N–H and O–H groups in total. The standard InChI is InChI=1S/C18H18FNO2/c1-22-13-16-4-2-15(3-5-16)12-20-18(21)11-8-14-6-9-17(19)10-7-14/h2-11H,12-13H2,1H3,(H,20,21)/b11-8+. The van der Waals surface area contributed by atoms with Crippen LogP contribution in [-0.2, 0) is 22.7 Å². The Hall–Kier alpha value is -2.46. The van der Waals surface area contributed by atoms with E-state index in [0.717, 1.165) is 16.7 Å². The zero-order valence-electron chi connectivity index (χ0n) is 12.4. The van der Waals surface area contributed by atoms with E-state index in [1.54, 1.807) is 25.3 Å². The van der Waals surface area contributed by atoms with Gasteiger partial charge >= 0.3 is 0 Å². The average molecular weight is 299 g/mol. The van der Waals surface area contributed by atoms with Gasteiger partial charge in [0.1, 0.15) is 5.82 Å². The van der Waals surface area contributed by atoms with Crippen LogP contribution in [-0.4, -0.2) is 13.0 Å². The van der Waals surface area contributed by atoms with Gasteiger partial charge in [-0.25, -0.2) is 4.39 Å². The number of methoxy groups -OCH3 is 1. The van der Waals surface area contributed by atoms with Gasteiger partial charge in [-0.05, 0) is 34.9 Å². The number of hydrogen-bond donors (Lipinski definition) is 1. The molecule has 0 aromatic heterocycles. The van der Waals surface area contributed by atoms with Crippen LogP contribution in [0.5, 0.6) is 0 Å². The minimum absolute atomic E-state index is 0.190. The molecular formula is C18H18FNO2. The molecule has 2 aromatic rings. The molecule has 0 atom stereocenters. The third kappa shape index (κ3) is 5.14. The van der Waals surface area contributed by atoms with Crippen LogP contribution in [0, 0.1) is 5.82 Å². The predicted molar refractivity (Wildman–Crippen MR) is 84.4 cm³/mol. The summed E-state index contributed by atoms with van der Waals surface area (Å²) >= 11 is 0. The summed E-state index contributed by atoms with van der Waals surface area (Å²) in [4.78, 5) is 11.7. The Bertz CT molecular complexity index is 633. The van der Waals surface area contributed by atoms with E-state index in [4.69, 9.17) is 4.74 Å². The number of benzene rings is 2. The van der Waals surface area contributed by atoms with Crippen molar-refractivity contribution in [1.29, 1.82) is 0 Å². The molecule has 0 unspecified atom stereocenters. The highest BCUT2D eigenvalue weighted by Crippen LogP contribution is 2.06. The summed E-state index contributed by atoms with van der Waals surface area (Å²) in [6.07, 6.45) is 3.09. The van der Waals surface area contributed by atoms with Crippen molar-refractivity contribution in [3.05, 3.63) is 77.1 Å². The lowest BCUT2D eigenvalue weighted by atomic mass is 10.1. The van der Waals surface area contributed by atoms with Gasteiger partial charge in [0.05, 0.1) is 6.61 Å². The van der Waals surface area contributed by atoms with Gasteiger partial charge in [-0.15, -0.1) is 0 Å². The van der Waals surface area contributed by atoms with Crippen molar-refractivity contribution in [3.63, 3.8) is 0 Å². The monoisotopic (exact) mass is 299 g/mol. The minimum atomic E-state index is -0.293. The molecule has 22 heavy (non-hydrogen) atoms. The molecule has 0 bridgehead atoms. The largest absolute Gasteiger partial charge is 0.380 e. The van der Waals surface area contributed by atoms with E-state index >= 15 is 0 Å². The van der Waals surface area contributed by atoms with E-state index in [1.165, 1.54) is 18.2 Å². The van der Waals surface area contributed by atoms with E-state index in [2.05, 4.69) is 5.32 Å². The van der Waals surface area contributed by atoms with Gasteiger partial charge in [0.2, 0.25) is 5.91 Å². The molecule has 1 amide bonds. The molecule has 0 radical (unpaired) electrons. The lowest BCUT2D eigenvalue weighted by Gasteiger charge is -2.04. The molecule has 3 nitrogen and oxygen atoms in total. The fourth-order valence-corrected chi connectivity index (χ4v) is 1.91. The summed E-state index contributed by atoms with van der Waals surface area (Å²) in [6, 6.07) is 13.8. The highest BCUT2D eigenvalue weighted by atomic mass is 19.1. The molecule has 0 aliphatic carbocycles. The molecule has 0 spiro atoms. The smallest absolute Gasteiger partial charge is 0.244 e. The first kappa shape index (κ1) is 15.9. The molecule has 0 fully saturated rings. The molecule has 2 rings (SSSR count). The van der Waals surface area contributed by atoms with Gasteiger partial charge in [0, 0.05) is 19.7 Å². The number of carbonyl (C=O) groups excluding carboxylic acids is 1. The fraction of sp³-hybridized carbons (Fsp3) is 0.167. The zero-order chi connectivity index (χ0) is 15.8. The predicted octanol–water partition coefficient (Wildman–Crippen LogP) is 3.30. The summed E-state index contributed by atoms with van der Waals surface area (Å²) in [7, 11) is 1.65. The van der Waals surface area contributed by atoms with Crippen LogP contribution in [0.1, 0.15) is 16.7 Å². The first-order valence-electron chi connectivity index (χ1n) is 6.95. The van der Waals surface area contributed by atoms with Gasteiger partial charge < -0.3 is 10.1 Å². The fourth-order valence-electron chi connectivity index (χ4n) is 1.91. The third-order valence-electron chi connectivity index (χ3n) is 3.10. The summed E-state index contributed by atoms with van der Waals surface area (Å²) in [6.45, 7) is 1.03. The van der Waals surface area contributed by atoms with E-state index in [9.17, 15) is 9.18 Å². The van der Waals surface area contributed by atoms with Crippen LogP contribution >= 0.6 is 0 Å². The van der Waals surface area contributed by atoms with Crippen LogP contribution in [0.2, 0.25) is 0 Å². The van der Waals surface area contributed by atoms with Crippen LogP contribution in [0.25, 0.3) is 6.08 Å². The van der Waals surface area contributed by atoms with Gasteiger partial charge in [-0.2, -0.15) is 0 Å². The molecule has 2 aromatic carbocycles. The molecule has 0 saturated carbocycles. The van der Waals surface area contributed by atoms with Crippen molar-refractivity contribution >= 4 is 12.0 Å². The Labute approximate surface area is 129 Å². The molecule has 4 heteroatoms. The van der Waals surface area contributed by atoms with Gasteiger partial charge in [-0.1, -0.05) is 36.4 Å². The minimum Gasteiger partial charge on any atom is -0.380 e. The Morgan fingerprint density at radius 1 is 1.09 bits per heavy atom. The van der Waals surface area contributed by atoms with Crippen molar-refractivity contribution in [2.75, 3.05) is 7.11 Å². The highest BCUT2D eigenvalue weighted by molar-refractivity contribution is 5.91. The Balaban J connectivity index is 1.83. The topological polar surface area (TPSA) is 38.3 Å². The first-order valence-corrected chi connectivity index (χ1v) is 6.95. The maximum absolute atomic E-state index is 12.8. The first-order chi connectivity index (χ1) is 10.7. The maximum Gasteiger partial charge on any atom is 0.244 e. The van der Waals surface area contributed by atoms with Crippen LogP contribution in [0.3, 0.4) is 0 Å². The molecular weight excluding hydrogens is 281 g/mol. The molecule has 0 saturated heterocycles. The third-order valence-corrected chi connectivity index (χ3v) is 3.10. The normalized spacial score (nSPS) is 10.8. The number of rotatable bonds is 6. The second-order valence-corrected chi connectivity index (χ2v) is 4.85. The van der Waals surface area contributed by atoms with Crippen molar-refractivity contribution in [3.8, 4) is 0 Å². The van der Waals surface area contributed by atoms with Crippen molar-refractivity contribution in [2.24, 2.45) is 0 Å². The van der Waals surface area contributed by atoms with Crippen LogP contribution in [0.4, 0.5) is 4.39 Å². The van der Waals surface area contributed by atoms with Crippen molar-refractivity contribution < 1.29 is 13.9 Å². The van der Waals surface area contributed by atoms with Crippen LogP contribution < -0.4 is 5.32 Å². The van der Waals surface area contributed by atoms with Gasteiger partial charge in [0.25, 0.3) is 0 Å². The number of amides is 1. The lowest BCUT2D eigenvalue weighted by Crippen LogP contribution is -2.20. The summed E-state index contributed by atoms with van der Waals surface area (Å²) in [5.74, 6) is -0.483. The van der Waals surface area contributed by atoms with Crippen molar-refractivity contribution in [2.45, 2.75) is 13.2 Å². The molecule has 0 aliphatic heterocycles. The lowest BCUT2D eigenvalue weighted by molar-refractivity contribution is -0.116. The SMILES string of the molecule is COCc1ccc(CNC(=O)/C=C/c2ccc(F)cc2)cc1. The quantitative estimate of drug-likeness (QED) is 0.831. The summed E-state index contributed by atoms with van der Waals surface area (Å²) in [5.41, 5.74) is 2.89. The molecule has 0 heterocycles. The summed E-state index contributed by atoms with van der Waals surface area (Å²) < 4.78 is 17.8.